The van der Waals surface area contributed by atoms with Crippen molar-refractivity contribution in [2.24, 2.45) is 0 Å². The standard InChI is InChI=1S/C7H8.ClH.H3N.H2S/c1-7-5-3-2-4-6-7;;;/h2-6H,1H3;1H;1H3;1H2. The fourth-order valence-corrected chi connectivity index (χ4v) is 0.534. The van der Waals surface area contributed by atoms with Crippen LogP contribution in [-0.2, 0) is 13.5 Å². The van der Waals surface area contributed by atoms with Crippen molar-refractivity contribution >= 4 is 13.5 Å². The van der Waals surface area contributed by atoms with Gasteiger partial charge in [-0.15, -0.1) is 0 Å². The molecule has 1 nitrogen and oxygen atoms in total. The van der Waals surface area contributed by atoms with Gasteiger partial charge in [-0.05, 0) is 6.92 Å². The summed E-state index contributed by atoms with van der Waals surface area (Å²) in [7, 11) is 0. The number of hydrogen-bond donors (Lipinski definition) is 1. The zero-order valence-corrected chi connectivity index (χ0v) is 7.96. The van der Waals surface area contributed by atoms with Crippen LogP contribution in [0, 0.1) is 6.92 Å². The van der Waals surface area contributed by atoms with E-state index in [0.29, 0.717) is 0 Å². The van der Waals surface area contributed by atoms with Gasteiger partial charge in [0.1, 0.15) is 0 Å². The summed E-state index contributed by atoms with van der Waals surface area (Å²) in [5.74, 6) is 0. The molecule has 0 aromatic heterocycles. The fourth-order valence-electron chi connectivity index (χ4n) is 0.534. The summed E-state index contributed by atoms with van der Waals surface area (Å²) >= 11 is 0. The molecule has 0 aliphatic carbocycles. The Labute approximate surface area is 75.3 Å². The molecule has 0 atom stereocenters. The van der Waals surface area contributed by atoms with Gasteiger partial charge >= 0.3 is 0 Å². The van der Waals surface area contributed by atoms with E-state index in [4.69, 9.17) is 0 Å². The molecule has 0 saturated heterocycles. The smallest absolute Gasteiger partial charge is 0.0398 e. The number of hydrogen-bond acceptors (Lipinski definition) is 1. The molecule has 0 heterocycles. The van der Waals surface area contributed by atoms with Crippen LogP contribution in [-0.4, -0.2) is 0 Å². The Balaban J connectivity index is -0.000000163. The van der Waals surface area contributed by atoms with Gasteiger partial charge in [-0.2, -0.15) is 0 Å². The lowest BCUT2D eigenvalue weighted by atomic mass is 10.2. The van der Waals surface area contributed by atoms with Crippen LogP contribution in [0.25, 0.3) is 0 Å². The zero-order chi connectivity index (χ0) is 5.11. The largest absolute Gasteiger partial charge is 1.00 e. The van der Waals surface area contributed by atoms with Gasteiger partial charge in [0.05, 0.1) is 0 Å². The molecule has 3 heteroatoms. The summed E-state index contributed by atoms with van der Waals surface area (Å²) < 4.78 is 0. The maximum absolute atomic E-state index is 2.08. The second-order valence-electron chi connectivity index (χ2n) is 1.65. The normalized spacial score (nSPS) is 6.10. The van der Waals surface area contributed by atoms with Gasteiger partial charge in [-0.25, -0.2) is 0 Å². The Hall–Kier alpha value is -0.180. The molecule has 1 aromatic rings. The molecule has 0 aliphatic heterocycles. The van der Waals surface area contributed by atoms with Crippen molar-refractivity contribution in [3.63, 3.8) is 0 Å². The monoisotopic (exact) mass is 179 g/mol. The van der Waals surface area contributed by atoms with E-state index in [1.54, 1.807) is 0 Å². The maximum atomic E-state index is 2.08. The summed E-state index contributed by atoms with van der Waals surface area (Å²) in [6, 6.07) is 10.3. The lowest BCUT2D eigenvalue weighted by molar-refractivity contribution is -0.00000211. The van der Waals surface area contributed by atoms with E-state index >= 15 is 0 Å². The summed E-state index contributed by atoms with van der Waals surface area (Å²) in [5, 5.41) is 0. The topological polar surface area (TPSA) is 35.0 Å². The van der Waals surface area contributed by atoms with Gasteiger partial charge in [-0.1, -0.05) is 49.4 Å². The molecule has 0 unspecified atom stereocenters. The van der Waals surface area contributed by atoms with Gasteiger partial charge < -0.3 is 18.6 Å². The molecular formula is C7H14ClNS. The molecule has 0 amide bonds. The minimum absolute atomic E-state index is 0. The first-order valence-electron chi connectivity index (χ1n) is 2.41. The summed E-state index contributed by atoms with van der Waals surface area (Å²) in [6.07, 6.45) is 0. The van der Waals surface area contributed by atoms with Crippen molar-refractivity contribution in [1.82, 2.24) is 6.15 Å². The van der Waals surface area contributed by atoms with Crippen molar-refractivity contribution in [3.05, 3.63) is 35.9 Å². The van der Waals surface area contributed by atoms with Gasteiger partial charge in [-0.3, -0.25) is 0 Å². The minimum Gasteiger partial charge on any atom is -1.00 e. The van der Waals surface area contributed by atoms with Gasteiger partial charge in [0.15, 0.2) is 0 Å². The lowest BCUT2D eigenvalue weighted by Crippen LogP contribution is -3.00. The van der Waals surface area contributed by atoms with Crippen molar-refractivity contribution in [1.29, 1.82) is 0 Å². The van der Waals surface area contributed by atoms with Crippen molar-refractivity contribution in [2.45, 2.75) is 6.92 Å². The average Bonchev–Trinajstić information content (AvgIpc) is 1.69. The van der Waals surface area contributed by atoms with Crippen LogP contribution in [0.1, 0.15) is 5.56 Å². The molecule has 1 aromatic carbocycles. The molecule has 1 rings (SSSR count). The Kier molecular flexibility index (Phi) is 14.5. The van der Waals surface area contributed by atoms with Crippen LogP contribution >= 0.6 is 0 Å². The van der Waals surface area contributed by atoms with Crippen LogP contribution in [0.4, 0.5) is 0 Å². The van der Waals surface area contributed by atoms with E-state index in [0.717, 1.165) is 0 Å². The van der Waals surface area contributed by atoms with Gasteiger partial charge in [0, 0.05) is 0 Å². The van der Waals surface area contributed by atoms with E-state index in [9.17, 15) is 0 Å². The number of rotatable bonds is 0. The first-order valence-corrected chi connectivity index (χ1v) is 2.41. The molecule has 0 radical (unpaired) electrons. The number of halogens is 1. The molecule has 0 aliphatic rings. The van der Waals surface area contributed by atoms with E-state index in [2.05, 4.69) is 19.1 Å². The summed E-state index contributed by atoms with van der Waals surface area (Å²) in [6.45, 7) is 2.08. The first kappa shape index (κ1) is 16.4. The number of aryl methyl sites for hydroxylation is 1. The third-order valence-electron chi connectivity index (χ3n) is 0.940. The van der Waals surface area contributed by atoms with E-state index in [-0.39, 0.29) is 32.1 Å². The predicted molar refractivity (Wildman–Crippen MR) is 47.8 cm³/mol. The quantitative estimate of drug-likeness (QED) is 0.477. The zero-order valence-electron chi connectivity index (χ0n) is 6.05. The van der Waals surface area contributed by atoms with Crippen molar-refractivity contribution in [3.8, 4) is 0 Å². The molecule has 3 N–H and O–H groups in total. The Morgan fingerprint density at radius 1 is 1.00 bits per heavy atom. The summed E-state index contributed by atoms with van der Waals surface area (Å²) in [4.78, 5) is 0. The molecule has 10 heavy (non-hydrogen) atoms. The van der Waals surface area contributed by atoms with Crippen LogP contribution < -0.4 is 18.6 Å². The molecule has 0 saturated carbocycles. The Morgan fingerprint density at radius 2 is 1.40 bits per heavy atom. The molecule has 60 valence electrons. The van der Waals surface area contributed by atoms with Crippen LogP contribution in [0.3, 0.4) is 0 Å². The second-order valence-corrected chi connectivity index (χ2v) is 1.65. The van der Waals surface area contributed by atoms with Gasteiger partial charge in [0.25, 0.3) is 0 Å². The molecular weight excluding hydrogens is 166 g/mol. The highest BCUT2D eigenvalue weighted by molar-refractivity contribution is 7.37. The average molecular weight is 180 g/mol. The lowest BCUT2D eigenvalue weighted by Gasteiger charge is -1.82. The van der Waals surface area contributed by atoms with Crippen LogP contribution in [0.5, 0.6) is 0 Å². The van der Waals surface area contributed by atoms with E-state index < -0.39 is 0 Å². The highest BCUT2D eigenvalue weighted by Gasteiger charge is 1.72. The molecule has 0 fully saturated rings. The van der Waals surface area contributed by atoms with Gasteiger partial charge in [0.2, 0.25) is 0 Å². The first-order chi connectivity index (χ1) is 3.39. The van der Waals surface area contributed by atoms with Crippen molar-refractivity contribution < 1.29 is 12.4 Å². The predicted octanol–water partition coefficient (Wildman–Crippen LogP) is -1.64. The second kappa shape index (κ2) is 8.82. The minimum atomic E-state index is 0. The Morgan fingerprint density at radius 3 is 1.60 bits per heavy atom. The van der Waals surface area contributed by atoms with Crippen LogP contribution in [0.2, 0.25) is 0 Å². The Bertz CT molecular complexity index is 144. The fraction of sp³-hybridized carbons (Fsp3) is 0.143. The number of benzene rings is 1. The highest BCUT2D eigenvalue weighted by Crippen LogP contribution is 1.92. The SMILES string of the molecule is Cc1ccccc1.N.[Cl-].[SH3+]. The summed E-state index contributed by atoms with van der Waals surface area (Å²) in [5.41, 5.74) is 1.32. The van der Waals surface area contributed by atoms with Crippen LogP contribution in [0.15, 0.2) is 30.3 Å². The van der Waals surface area contributed by atoms with Crippen molar-refractivity contribution in [2.75, 3.05) is 0 Å². The van der Waals surface area contributed by atoms with E-state index in [1.807, 2.05) is 18.2 Å². The highest BCUT2D eigenvalue weighted by atomic mass is 35.5. The molecule has 0 spiro atoms. The maximum Gasteiger partial charge on any atom is -0.0398 e. The third-order valence-corrected chi connectivity index (χ3v) is 0.940. The third kappa shape index (κ3) is 5.95. The van der Waals surface area contributed by atoms with E-state index in [1.165, 1.54) is 5.56 Å². The molecule has 0 bridgehead atoms.